The summed E-state index contributed by atoms with van der Waals surface area (Å²) in [7, 11) is 0. The molecule has 0 radical (unpaired) electrons. The van der Waals surface area contributed by atoms with Crippen LogP contribution in [0.2, 0.25) is 10.0 Å². The normalized spacial score (nSPS) is 13.7. The van der Waals surface area contributed by atoms with Crippen molar-refractivity contribution in [3.05, 3.63) is 54.8 Å². The molecule has 0 spiro atoms. The minimum atomic E-state index is -0.611. The van der Waals surface area contributed by atoms with Crippen LogP contribution in [0.15, 0.2) is 27.9 Å². The Kier molecular flexibility index (Phi) is 4.13. The molecule has 0 saturated carbocycles. The summed E-state index contributed by atoms with van der Waals surface area (Å²) in [5, 5.41) is 0.359. The van der Waals surface area contributed by atoms with Gasteiger partial charge < -0.3 is 9.47 Å². The van der Waals surface area contributed by atoms with Crippen LogP contribution >= 0.6 is 23.2 Å². The number of aromatic nitrogens is 2. The fourth-order valence-electron chi connectivity index (χ4n) is 2.17. The van der Waals surface area contributed by atoms with Gasteiger partial charge in [0.2, 0.25) is 0 Å². The zero-order valence-corrected chi connectivity index (χ0v) is 12.9. The van der Waals surface area contributed by atoms with Gasteiger partial charge in [-0.3, -0.25) is 14.3 Å². The summed E-state index contributed by atoms with van der Waals surface area (Å²) in [5.41, 5.74) is -0.420. The van der Waals surface area contributed by atoms with Crippen molar-refractivity contribution in [1.82, 2.24) is 9.55 Å². The fourth-order valence-corrected chi connectivity index (χ4v) is 2.63. The smallest absolute Gasteiger partial charge is 0.328 e. The lowest BCUT2D eigenvalue weighted by atomic mass is 10.2. The van der Waals surface area contributed by atoms with E-state index in [9.17, 15) is 9.59 Å². The molecule has 1 aromatic carbocycles. The van der Waals surface area contributed by atoms with Gasteiger partial charge in [-0.15, -0.1) is 0 Å². The molecule has 22 heavy (non-hydrogen) atoms. The Labute approximate surface area is 135 Å². The van der Waals surface area contributed by atoms with Crippen LogP contribution in [0.5, 0.6) is 11.5 Å². The zero-order chi connectivity index (χ0) is 15.7. The van der Waals surface area contributed by atoms with Gasteiger partial charge in [0.05, 0.1) is 24.8 Å². The highest BCUT2D eigenvalue weighted by atomic mass is 35.5. The zero-order valence-electron chi connectivity index (χ0n) is 11.4. The van der Waals surface area contributed by atoms with Crippen LogP contribution in [0.3, 0.4) is 0 Å². The van der Waals surface area contributed by atoms with E-state index in [0.717, 1.165) is 12.0 Å². The largest absolute Gasteiger partial charge is 0.489 e. The topological polar surface area (TPSA) is 73.3 Å². The van der Waals surface area contributed by atoms with Crippen molar-refractivity contribution < 1.29 is 9.47 Å². The minimum Gasteiger partial charge on any atom is -0.489 e. The summed E-state index contributed by atoms with van der Waals surface area (Å²) in [6, 6.07) is 3.46. The third-order valence-corrected chi connectivity index (χ3v) is 3.73. The minimum absolute atomic E-state index is 0.0555. The van der Waals surface area contributed by atoms with E-state index < -0.39 is 11.2 Å². The summed E-state index contributed by atoms with van der Waals surface area (Å²) < 4.78 is 12.4. The summed E-state index contributed by atoms with van der Waals surface area (Å²) in [6.45, 7) is 1.28. The molecule has 0 aliphatic carbocycles. The number of H-pyrrole nitrogens is 1. The van der Waals surface area contributed by atoms with Gasteiger partial charge in [0, 0.05) is 12.6 Å². The van der Waals surface area contributed by atoms with E-state index in [1.807, 2.05) is 0 Å². The Morgan fingerprint density at radius 1 is 1.14 bits per heavy atom. The number of hydrogen-bond acceptors (Lipinski definition) is 4. The lowest BCUT2D eigenvalue weighted by molar-refractivity contribution is 0.297. The lowest BCUT2D eigenvalue weighted by Crippen LogP contribution is -2.29. The van der Waals surface area contributed by atoms with Gasteiger partial charge in [0.25, 0.3) is 5.56 Å². The highest BCUT2D eigenvalue weighted by Crippen LogP contribution is 2.38. The molecule has 0 amide bonds. The van der Waals surface area contributed by atoms with Gasteiger partial charge in [0.15, 0.2) is 11.5 Å². The molecule has 116 valence electrons. The van der Waals surface area contributed by atoms with Crippen LogP contribution in [-0.2, 0) is 6.54 Å². The molecule has 1 aliphatic heterocycles. The van der Waals surface area contributed by atoms with Gasteiger partial charge in [-0.05, 0) is 17.7 Å². The van der Waals surface area contributed by atoms with Crippen molar-refractivity contribution >= 4 is 23.2 Å². The third kappa shape index (κ3) is 2.98. The van der Waals surface area contributed by atoms with Crippen LogP contribution in [0.25, 0.3) is 0 Å². The molecule has 1 N–H and O–H groups in total. The first-order chi connectivity index (χ1) is 10.5. The second-order valence-corrected chi connectivity index (χ2v) is 5.63. The molecule has 8 heteroatoms. The van der Waals surface area contributed by atoms with E-state index in [2.05, 4.69) is 4.98 Å². The van der Waals surface area contributed by atoms with E-state index >= 15 is 0 Å². The fraction of sp³-hybridized carbons (Fsp3) is 0.286. The van der Waals surface area contributed by atoms with Crippen LogP contribution in [0, 0.1) is 0 Å². The van der Waals surface area contributed by atoms with Crippen LogP contribution in [-0.4, -0.2) is 22.8 Å². The molecule has 0 unspecified atom stereocenters. The number of nitrogens with zero attached hydrogens (tertiary/aromatic N) is 1. The third-order valence-electron chi connectivity index (χ3n) is 3.18. The van der Waals surface area contributed by atoms with E-state index in [4.69, 9.17) is 32.7 Å². The van der Waals surface area contributed by atoms with Gasteiger partial charge in [-0.1, -0.05) is 23.2 Å². The number of benzene rings is 1. The maximum absolute atomic E-state index is 11.8. The van der Waals surface area contributed by atoms with Gasteiger partial charge >= 0.3 is 5.69 Å². The molecular weight excluding hydrogens is 331 g/mol. The summed E-state index contributed by atoms with van der Waals surface area (Å²) >= 11 is 12.0. The Morgan fingerprint density at radius 3 is 2.73 bits per heavy atom. The quantitative estimate of drug-likeness (QED) is 0.906. The molecular formula is C14H12Cl2N2O4. The number of nitrogens with one attached hydrogen (secondary N) is 1. The van der Waals surface area contributed by atoms with E-state index in [-0.39, 0.29) is 11.6 Å². The number of ether oxygens (including phenoxy) is 2. The van der Waals surface area contributed by atoms with Crippen LogP contribution < -0.4 is 20.7 Å². The van der Waals surface area contributed by atoms with Crippen LogP contribution in [0.1, 0.15) is 12.0 Å². The van der Waals surface area contributed by atoms with Crippen molar-refractivity contribution in [3.63, 3.8) is 0 Å². The Bertz CT molecular complexity index is 829. The highest BCUT2D eigenvalue weighted by molar-refractivity contribution is 6.32. The maximum atomic E-state index is 11.8. The van der Waals surface area contributed by atoms with E-state index in [0.29, 0.717) is 29.7 Å². The SMILES string of the molecule is O=c1[nH]c(=O)n(Cc2cc(Cl)c3c(c2)OCCCO3)cc1Cl. The Balaban J connectivity index is 1.98. The molecule has 2 aromatic rings. The number of halogens is 2. The number of aromatic amines is 1. The molecule has 2 heterocycles. The first-order valence-corrected chi connectivity index (χ1v) is 7.37. The first kappa shape index (κ1) is 15.0. The standard InChI is InChI=1S/C14H12Cl2N2O4/c15-9-4-8(5-11-12(9)22-3-1-2-21-11)6-18-7-10(16)13(19)17-14(18)20/h4-5,7H,1-3,6H2,(H,17,19,20). The van der Waals surface area contributed by atoms with Crippen molar-refractivity contribution in [3.8, 4) is 11.5 Å². The van der Waals surface area contributed by atoms with Crippen molar-refractivity contribution in [2.45, 2.75) is 13.0 Å². The molecule has 1 aromatic heterocycles. The summed E-state index contributed by atoms with van der Waals surface area (Å²) in [5.74, 6) is 1.05. The maximum Gasteiger partial charge on any atom is 0.328 e. The Hall–Kier alpha value is -1.92. The van der Waals surface area contributed by atoms with Crippen LogP contribution in [0.4, 0.5) is 0 Å². The predicted molar refractivity (Wildman–Crippen MR) is 82.5 cm³/mol. The number of rotatable bonds is 2. The van der Waals surface area contributed by atoms with Crippen molar-refractivity contribution in [1.29, 1.82) is 0 Å². The average Bonchev–Trinajstić information content (AvgIpc) is 2.70. The van der Waals surface area contributed by atoms with E-state index in [1.54, 1.807) is 12.1 Å². The van der Waals surface area contributed by atoms with Crippen molar-refractivity contribution in [2.75, 3.05) is 13.2 Å². The monoisotopic (exact) mass is 342 g/mol. The summed E-state index contributed by atoms with van der Waals surface area (Å²) in [6.07, 6.45) is 2.06. The molecule has 0 atom stereocenters. The molecule has 0 saturated heterocycles. The van der Waals surface area contributed by atoms with Gasteiger partial charge in [-0.2, -0.15) is 0 Å². The second kappa shape index (κ2) is 6.06. The summed E-state index contributed by atoms with van der Waals surface area (Å²) in [4.78, 5) is 25.2. The highest BCUT2D eigenvalue weighted by Gasteiger charge is 2.16. The first-order valence-electron chi connectivity index (χ1n) is 6.62. The van der Waals surface area contributed by atoms with Crippen molar-refractivity contribution in [2.24, 2.45) is 0 Å². The Morgan fingerprint density at radius 2 is 1.91 bits per heavy atom. The van der Waals surface area contributed by atoms with E-state index in [1.165, 1.54) is 10.8 Å². The van der Waals surface area contributed by atoms with Gasteiger partial charge in [-0.25, -0.2) is 4.79 Å². The molecule has 0 bridgehead atoms. The van der Waals surface area contributed by atoms with Gasteiger partial charge in [0.1, 0.15) is 5.02 Å². The molecule has 3 rings (SSSR count). The second-order valence-electron chi connectivity index (χ2n) is 4.82. The average molecular weight is 343 g/mol. The molecule has 0 fully saturated rings. The molecule has 1 aliphatic rings. The molecule has 6 nitrogen and oxygen atoms in total. The number of fused-ring (bicyclic) bond motifs is 1. The predicted octanol–water partition coefficient (Wildman–Crippen LogP) is 2.05. The lowest BCUT2D eigenvalue weighted by Gasteiger charge is -2.12. The number of hydrogen-bond donors (Lipinski definition) is 1.